The van der Waals surface area contributed by atoms with E-state index < -0.39 is 0 Å². The Hall–Kier alpha value is -3.12. The zero-order valence-corrected chi connectivity index (χ0v) is 18.8. The summed E-state index contributed by atoms with van der Waals surface area (Å²) in [5.41, 5.74) is 0.502. The number of Topliss-reactive ketones (excluding diaryl/α,β-unsaturated/α-hetero) is 1. The molecule has 1 heterocycles. The topological polar surface area (TPSA) is 61.8 Å². The predicted molar refractivity (Wildman–Crippen MR) is 123 cm³/mol. The van der Waals surface area contributed by atoms with Gasteiger partial charge in [0, 0.05) is 10.9 Å². The molecule has 0 bridgehead atoms. The Labute approximate surface area is 194 Å². The highest BCUT2D eigenvalue weighted by atomic mass is 79.9. The number of rotatable bonds is 4. The summed E-state index contributed by atoms with van der Waals surface area (Å²) in [6, 6.07) is 20.8. The first-order valence-electron chi connectivity index (χ1n) is 10.6. The first-order chi connectivity index (χ1) is 15.6. The summed E-state index contributed by atoms with van der Waals surface area (Å²) < 4.78 is 18.3. The SMILES string of the molecule is O=C(OC1CCC2C(=O)C(Oc3ccc4ccccc4c3)=COC2C1)c1ccc(Br)cc1. The van der Waals surface area contributed by atoms with Gasteiger partial charge in [-0.15, -0.1) is 0 Å². The second-order valence-electron chi connectivity index (χ2n) is 8.09. The number of halogens is 1. The van der Waals surface area contributed by atoms with Crippen molar-refractivity contribution >= 4 is 38.5 Å². The molecule has 162 valence electrons. The molecular weight excluding hydrogens is 472 g/mol. The molecule has 3 unspecified atom stereocenters. The minimum atomic E-state index is -0.362. The van der Waals surface area contributed by atoms with Gasteiger partial charge in [-0.3, -0.25) is 4.79 Å². The Balaban J connectivity index is 1.23. The van der Waals surface area contributed by atoms with Gasteiger partial charge in [-0.1, -0.05) is 46.3 Å². The average molecular weight is 493 g/mol. The number of carbonyl (C=O) groups is 2. The third kappa shape index (κ3) is 4.28. The van der Waals surface area contributed by atoms with E-state index in [1.165, 1.54) is 6.26 Å². The summed E-state index contributed by atoms with van der Waals surface area (Å²) in [5, 5.41) is 2.15. The molecule has 5 nitrogen and oxygen atoms in total. The zero-order chi connectivity index (χ0) is 22.1. The number of hydrogen-bond acceptors (Lipinski definition) is 5. The lowest BCUT2D eigenvalue weighted by atomic mass is 9.80. The zero-order valence-electron chi connectivity index (χ0n) is 17.2. The summed E-state index contributed by atoms with van der Waals surface area (Å²) in [4.78, 5) is 25.4. The maximum Gasteiger partial charge on any atom is 0.338 e. The molecule has 1 aliphatic carbocycles. The van der Waals surface area contributed by atoms with Crippen LogP contribution in [-0.4, -0.2) is 24.0 Å². The van der Waals surface area contributed by atoms with Crippen LogP contribution in [0.1, 0.15) is 29.6 Å². The minimum Gasteiger partial charge on any atom is -0.493 e. The molecule has 2 aliphatic rings. The molecule has 0 amide bonds. The molecule has 1 fully saturated rings. The highest BCUT2D eigenvalue weighted by Gasteiger charge is 2.42. The van der Waals surface area contributed by atoms with Crippen LogP contribution < -0.4 is 4.74 Å². The fourth-order valence-electron chi connectivity index (χ4n) is 4.28. The minimum absolute atomic E-state index is 0.0629. The molecule has 1 aliphatic heterocycles. The van der Waals surface area contributed by atoms with E-state index in [9.17, 15) is 9.59 Å². The van der Waals surface area contributed by atoms with Gasteiger partial charge in [-0.25, -0.2) is 4.79 Å². The van der Waals surface area contributed by atoms with Crippen LogP contribution in [0, 0.1) is 5.92 Å². The van der Waals surface area contributed by atoms with Gasteiger partial charge in [0.2, 0.25) is 11.5 Å². The molecule has 0 saturated heterocycles. The van der Waals surface area contributed by atoms with Gasteiger partial charge in [0.15, 0.2) is 0 Å². The number of ether oxygens (including phenoxy) is 3. The molecule has 5 rings (SSSR count). The molecule has 3 atom stereocenters. The van der Waals surface area contributed by atoms with E-state index in [2.05, 4.69) is 15.9 Å². The fourth-order valence-corrected chi connectivity index (χ4v) is 4.54. The molecule has 1 saturated carbocycles. The van der Waals surface area contributed by atoms with Crippen molar-refractivity contribution in [1.82, 2.24) is 0 Å². The van der Waals surface area contributed by atoms with Crippen molar-refractivity contribution in [2.24, 2.45) is 5.92 Å². The van der Waals surface area contributed by atoms with E-state index in [0.29, 0.717) is 30.6 Å². The summed E-state index contributed by atoms with van der Waals surface area (Å²) in [6.45, 7) is 0. The van der Waals surface area contributed by atoms with E-state index in [1.807, 2.05) is 42.5 Å². The number of esters is 1. The Kier molecular flexibility index (Phi) is 5.70. The highest BCUT2D eigenvalue weighted by molar-refractivity contribution is 9.10. The van der Waals surface area contributed by atoms with E-state index in [1.54, 1.807) is 24.3 Å². The summed E-state index contributed by atoms with van der Waals surface area (Å²) in [7, 11) is 0. The third-order valence-corrected chi connectivity index (χ3v) is 6.50. The second-order valence-corrected chi connectivity index (χ2v) is 9.00. The van der Waals surface area contributed by atoms with Crippen molar-refractivity contribution in [2.75, 3.05) is 0 Å². The van der Waals surface area contributed by atoms with Gasteiger partial charge in [0.1, 0.15) is 24.2 Å². The molecule has 0 N–H and O–H groups in total. The van der Waals surface area contributed by atoms with Crippen LogP contribution in [-0.2, 0) is 14.3 Å². The molecule has 6 heteroatoms. The van der Waals surface area contributed by atoms with Crippen molar-refractivity contribution in [1.29, 1.82) is 0 Å². The molecule has 0 spiro atoms. The Morgan fingerprint density at radius 1 is 0.969 bits per heavy atom. The molecule has 3 aromatic carbocycles. The average Bonchev–Trinajstić information content (AvgIpc) is 2.81. The maximum atomic E-state index is 13.0. The number of benzene rings is 3. The van der Waals surface area contributed by atoms with Crippen LogP contribution in [0.2, 0.25) is 0 Å². The number of ketones is 1. The number of fused-ring (bicyclic) bond motifs is 2. The number of hydrogen-bond donors (Lipinski definition) is 0. The smallest absolute Gasteiger partial charge is 0.338 e. The van der Waals surface area contributed by atoms with E-state index in [4.69, 9.17) is 14.2 Å². The molecule has 0 aromatic heterocycles. The molecule has 32 heavy (non-hydrogen) atoms. The molecule has 3 aromatic rings. The summed E-state index contributed by atoms with van der Waals surface area (Å²) >= 11 is 3.36. The quantitative estimate of drug-likeness (QED) is 0.429. The third-order valence-electron chi connectivity index (χ3n) is 5.98. The van der Waals surface area contributed by atoms with Crippen LogP contribution in [0.25, 0.3) is 10.8 Å². The Bertz CT molecular complexity index is 1200. The number of allylic oxidation sites excluding steroid dienone is 1. The molecular formula is C26H21BrO5. The lowest BCUT2D eigenvalue weighted by Gasteiger charge is -2.36. The first kappa shape index (κ1) is 20.8. The monoisotopic (exact) mass is 492 g/mol. The van der Waals surface area contributed by atoms with Crippen molar-refractivity contribution in [3.8, 4) is 5.75 Å². The van der Waals surface area contributed by atoms with Gasteiger partial charge >= 0.3 is 5.97 Å². The summed E-state index contributed by atoms with van der Waals surface area (Å²) in [5.74, 6) is 0.0958. The van der Waals surface area contributed by atoms with Gasteiger partial charge in [0.05, 0.1) is 11.5 Å². The Morgan fingerprint density at radius 2 is 1.75 bits per heavy atom. The van der Waals surface area contributed by atoms with Crippen molar-refractivity contribution < 1.29 is 23.8 Å². The van der Waals surface area contributed by atoms with Gasteiger partial charge in [-0.2, -0.15) is 0 Å². The standard InChI is InChI=1S/C26H21BrO5/c27-19-8-5-17(6-9-19)26(29)32-21-11-12-22-23(14-21)30-15-24(25(22)28)31-20-10-7-16-3-1-2-4-18(16)13-20/h1-10,13,15,21-23H,11-12,14H2. The summed E-state index contributed by atoms with van der Waals surface area (Å²) in [6.07, 6.45) is 2.48. The fraction of sp³-hybridized carbons (Fsp3) is 0.231. The first-order valence-corrected chi connectivity index (χ1v) is 11.4. The van der Waals surface area contributed by atoms with E-state index in [0.717, 1.165) is 15.2 Å². The normalized spacial score (nSPS) is 22.5. The van der Waals surface area contributed by atoms with Crippen LogP contribution in [0.3, 0.4) is 0 Å². The highest BCUT2D eigenvalue weighted by Crippen LogP contribution is 2.35. The van der Waals surface area contributed by atoms with Crippen molar-refractivity contribution in [3.05, 3.63) is 88.8 Å². The maximum absolute atomic E-state index is 13.0. The van der Waals surface area contributed by atoms with Gasteiger partial charge in [-0.05, 0) is 60.0 Å². The predicted octanol–water partition coefficient (Wildman–Crippen LogP) is 5.82. The number of carbonyl (C=O) groups excluding carboxylic acids is 2. The lowest BCUT2D eigenvalue weighted by molar-refractivity contribution is -0.132. The van der Waals surface area contributed by atoms with Crippen LogP contribution >= 0.6 is 15.9 Å². The van der Waals surface area contributed by atoms with Gasteiger partial charge in [0.25, 0.3) is 0 Å². The van der Waals surface area contributed by atoms with Gasteiger partial charge < -0.3 is 14.2 Å². The van der Waals surface area contributed by atoms with E-state index in [-0.39, 0.29) is 35.6 Å². The van der Waals surface area contributed by atoms with E-state index >= 15 is 0 Å². The Morgan fingerprint density at radius 3 is 2.56 bits per heavy atom. The largest absolute Gasteiger partial charge is 0.493 e. The van der Waals surface area contributed by atoms with Crippen LogP contribution in [0.15, 0.2) is 83.2 Å². The molecule has 0 radical (unpaired) electrons. The second kappa shape index (κ2) is 8.79. The van der Waals surface area contributed by atoms with Crippen molar-refractivity contribution in [2.45, 2.75) is 31.5 Å². The van der Waals surface area contributed by atoms with Crippen LogP contribution in [0.5, 0.6) is 5.75 Å². The lowest BCUT2D eigenvalue weighted by Crippen LogP contribution is -2.43. The van der Waals surface area contributed by atoms with Crippen molar-refractivity contribution in [3.63, 3.8) is 0 Å². The van der Waals surface area contributed by atoms with Crippen LogP contribution in [0.4, 0.5) is 0 Å².